The largest absolute Gasteiger partial charge is 0.492 e. The number of carbonyl (C=O) groups excluding carboxylic acids is 1. The summed E-state index contributed by atoms with van der Waals surface area (Å²) < 4.78 is 71.4. The van der Waals surface area contributed by atoms with Crippen LogP contribution in [0.5, 0.6) is 11.5 Å². The lowest BCUT2D eigenvalue weighted by Crippen LogP contribution is -2.10. The Morgan fingerprint density at radius 1 is 1.14 bits per heavy atom. The summed E-state index contributed by atoms with van der Waals surface area (Å²) in [5.74, 6) is -0.0554. The van der Waals surface area contributed by atoms with E-state index < -0.39 is 23.8 Å². The smallest absolute Gasteiger partial charge is 0.417 e. The van der Waals surface area contributed by atoms with E-state index in [1.165, 1.54) is 19.2 Å². The van der Waals surface area contributed by atoms with Gasteiger partial charge in [0.1, 0.15) is 17.6 Å². The number of esters is 1. The second-order valence-corrected chi connectivity index (χ2v) is 8.56. The first kappa shape index (κ1) is 23.1. The number of pyridine rings is 1. The summed E-state index contributed by atoms with van der Waals surface area (Å²) in [5, 5.41) is 0. The van der Waals surface area contributed by atoms with Crippen LogP contribution >= 0.6 is 0 Å². The van der Waals surface area contributed by atoms with Crippen molar-refractivity contribution in [2.75, 3.05) is 13.7 Å². The maximum Gasteiger partial charge on any atom is 0.417 e. The molecule has 3 aromatic rings. The summed E-state index contributed by atoms with van der Waals surface area (Å²) in [7, 11) is 1.34. The van der Waals surface area contributed by atoms with Gasteiger partial charge in [0.2, 0.25) is 5.95 Å². The van der Waals surface area contributed by atoms with Crippen molar-refractivity contribution in [3.05, 3.63) is 76.9 Å². The van der Waals surface area contributed by atoms with Gasteiger partial charge < -0.3 is 14.2 Å². The van der Waals surface area contributed by atoms with Crippen LogP contribution in [-0.2, 0) is 22.1 Å². The van der Waals surface area contributed by atoms with Crippen molar-refractivity contribution in [1.82, 2.24) is 4.98 Å². The molecule has 0 fully saturated rings. The van der Waals surface area contributed by atoms with Crippen LogP contribution in [0.15, 0.2) is 48.7 Å². The topological polar surface area (TPSA) is 57.7 Å². The predicted octanol–water partition coefficient (Wildman–Crippen LogP) is 6.01. The minimum Gasteiger partial charge on any atom is -0.492 e. The molecule has 0 amide bonds. The molecule has 0 radical (unpaired) electrons. The molecule has 2 heterocycles. The summed E-state index contributed by atoms with van der Waals surface area (Å²) in [6.07, 6.45) is -2.83. The van der Waals surface area contributed by atoms with Gasteiger partial charge in [-0.15, -0.1) is 0 Å². The highest BCUT2D eigenvalue weighted by molar-refractivity contribution is 5.74. The molecule has 0 N–H and O–H groups in total. The van der Waals surface area contributed by atoms with Crippen LogP contribution < -0.4 is 9.47 Å². The van der Waals surface area contributed by atoms with E-state index in [1.807, 2.05) is 6.07 Å². The van der Waals surface area contributed by atoms with Crippen molar-refractivity contribution in [2.24, 2.45) is 0 Å². The number of alkyl halides is 3. The zero-order chi connectivity index (χ0) is 24.7. The standard InChI is InChI=1S/C26H21F4NO4/c1-33-24(32)10-15-13-34-22-11-16(3-4-17(15)22)35-21-8-6-19-18(21)5-7-20(26(28,29)30)25(19)14-2-9-23(27)31-12-14/h2-5,7,9,11-12,15,21H,6,8,10,13H2,1H3/t15?,21-/m1/s1. The van der Waals surface area contributed by atoms with Crippen LogP contribution in [0.2, 0.25) is 0 Å². The van der Waals surface area contributed by atoms with E-state index in [2.05, 4.69) is 4.98 Å². The van der Waals surface area contributed by atoms with Gasteiger partial charge in [-0.25, -0.2) is 4.98 Å². The average molecular weight is 487 g/mol. The molecule has 0 bridgehead atoms. The molecule has 0 saturated carbocycles. The van der Waals surface area contributed by atoms with Crippen molar-refractivity contribution < 1.29 is 36.6 Å². The minimum absolute atomic E-state index is 0.0107. The second kappa shape index (κ2) is 8.87. The van der Waals surface area contributed by atoms with Crippen LogP contribution in [0.1, 0.15) is 47.1 Å². The van der Waals surface area contributed by atoms with E-state index in [-0.39, 0.29) is 29.4 Å². The first-order valence-electron chi connectivity index (χ1n) is 11.1. The van der Waals surface area contributed by atoms with Crippen molar-refractivity contribution in [2.45, 2.75) is 37.5 Å². The molecule has 9 heteroatoms. The maximum absolute atomic E-state index is 13.8. The van der Waals surface area contributed by atoms with Gasteiger partial charge in [0.15, 0.2) is 0 Å². The lowest BCUT2D eigenvalue weighted by molar-refractivity contribution is -0.141. The van der Waals surface area contributed by atoms with Gasteiger partial charge in [-0.2, -0.15) is 17.6 Å². The van der Waals surface area contributed by atoms with E-state index in [0.717, 1.165) is 23.9 Å². The first-order chi connectivity index (χ1) is 16.7. The Morgan fingerprint density at radius 3 is 2.66 bits per heavy atom. The van der Waals surface area contributed by atoms with Gasteiger partial charge in [0.05, 0.1) is 25.7 Å². The third-order valence-electron chi connectivity index (χ3n) is 6.46. The highest BCUT2D eigenvalue weighted by Crippen LogP contribution is 2.47. The van der Waals surface area contributed by atoms with Crippen molar-refractivity contribution in [1.29, 1.82) is 0 Å². The molecule has 2 aliphatic rings. The number of nitrogens with zero attached hydrogens (tertiary/aromatic N) is 1. The third-order valence-corrected chi connectivity index (χ3v) is 6.46. The molecule has 0 spiro atoms. The zero-order valence-electron chi connectivity index (χ0n) is 18.7. The zero-order valence-corrected chi connectivity index (χ0v) is 18.7. The number of carbonyl (C=O) groups is 1. The van der Waals surface area contributed by atoms with Gasteiger partial charge in [0.25, 0.3) is 0 Å². The van der Waals surface area contributed by atoms with Gasteiger partial charge in [0, 0.05) is 29.3 Å². The average Bonchev–Trinajstić information content (AvgIpc) is 3.42. The number of rotatable bonds is 5. The molecule has 2 atom stereocenters. The lowest BCUT2D eigenvalue weighted by atomic mass is 9.92. The van der Waals surface area contributed by atoms with E-state index >= 15 is 0 Å². The van der Waals surface area contributed by atoms with Crippen LogP contribution in [0, 0.1) is 5.95 Å². The fraction of sp³-hybridized carbons (Fsp3) is 0.308. The molecular weight excluding hydrogens is 466 g/mol. The Bertz CT molecular complexity index is 1270. The summed E-state index contributed by atoms with van der Waals surface area (Å²) in [6, 6.07) is 10.2. The van der Waals surface area contributed by atoms with Gasteiger partial charge in [-0.1, -0.05) is 12.1 Å². The molecule has 1 unspecified atom stereocenters. The van der Waals surface area contributed by atoms with Crippen molar-refractivity contribution in [3.63, 3.8) is 0 Å². The van der Waals surface area contributed by atoms with Crippen LogP contribution in [-0.4, -0.2) is 24.7 Å². The summed E-state index contributed by atoms with van der Waals surface area (Å²) in [4.78, 5) is 15.2. The van der Waals surface area contributed by atoms with Crippen molar-refractivity contribution >= 4 is 5.97 Å². The molecule has 1 aliphatic carbocycles. The quantitative estimate of drug-likeness (QED) is 0.251. The monoisotopic (exact) mass is 487 g/mol. The Labute approximate surface area is 198 Å². The molecule has 1 aliphatic heterocycles. The number of ether oxygens (including phenoxy) is 3. The van der Waals surface area contributed by atoms with Crippen LogP contribution in [0.3, 0.4) is 0 Å². The predicted molar refractivity (Wildman–Crippen MR) is 118 cm³/mol. The Hall–Kier alpha value is -3.62. The number of methoxy groups -OCH3 is 1. The summed E-state index contributed by atoms with van der Waals surface area (Å²) in [5.41, 5.74) is 1.50. The third kappa shape index (κ3) is 4.42. The van der Waals surface area contributed by atoms with E-state index in [0.29, 0.717) is 42.1 Å². The van der Waals surface area contributed by atoms with Gasteiger partial charge >= 0.3 is 12.1 Å². The molecule has 2 aromatic carbocycles. The number of aromatic nitrogens is 1. The highest BCUT2D eigenvalue weighted by Gasteiger charge is 2.38. The molecule has 35 heavy (non-hydrogen) atoms. The second-order valence-electron chi connectivity index (χ2n) is 8.56. The van der Waals surface area contributed by atoms with E-state index in [9.17, 15) is 22.4 Å². The summed E-state index contributed by atoms with van der Waals surface area (Å²) >= 11 is 0. The molecule has 5 rings (SSSR count). The highest BCUT2D eigenvalue weighted by atomic mass is 19.4. The number of benzene rings is 2. The lowest BCUT2D eigenvalue weighted by Gasteiger charge is -2.19. The fourth-order valence-electron chi connectivity index (χ4n) is 4.83. The molecule has 182 valence electrons. The SMILES string of the molecule is COC(=O)CC1COc2cc(O[C@@H]3CCc4c3ccc(C(F)(F)F)c4-c3ccc(F)nc3)ccc21. The molecule has 0 saturated heterocycles. The molecule has 5 nitrogen and oxygen atoms in total. The minimum atomic E-state index is -4.57. The first-order valence-corrected chi connectivity index (χ1v) is 11.1. The fourth-order valence-corrected chi connectivity index (χ4v) is 4.83. The number of halogens is 4. The summed E-state index contributed by atoms with van der Waals surface area (Å²) in [6.45, 7) is 0.357. The van der Waals surface area contributed by atoms with E-state index in [1.54, 1.807) is 12.1 Å². The Morgan fingerprint density at radius 2 is 1.94 bits per heavy atom. The number of hydrogen-bond acceptors (Lipinski definition) is 5. The number of fused-ring (bicyclic) bond motifs is 2. The maximum atomic E-state index is 13.8. The van der Waals surface area contributed by atoms with Gasteiger partial charge in [-0.3, -0.25) is 4.79 Å². The normalized spacial score (nSPS) is 18.5. The van der Waals surface area contributed by atoms with Gasteiger partial charge in [-0.05, 0) is 53.8 Å². The Kier molecular flexibility index (Phi) is 5.86. The van der Waals surface area contributed by atoms with Crippen LogP contribution in [0.4, 0.5) is 17.6 Å². The molecular formula is C26H21F4NO4. The van der Waals surface area contributed by atoms with Crippen molar-refractivity contribution in [3.8, 4) is 22.6 Å². The number of hydrogen-bond donors (Lipinski definition) is 0. The van der Waals surface area contributed by atoms with Crippen LogP contribution in [0.25, 0.3) is 11.1 Å². The Balaban J connectivity index is 1.44. The molecule has 1 aromatic heterocycles. The van der Waals surface area contributed by atoms with E-state index in [4.69, 9.17) is 14.2 Å².